The Kier molecular flexibility index (Phi) is 6.09. The second-order valence-electron chi connectivity index (χ2n) is 7.95. The van der Waals surface area contributed by atoms with Gasteiger partial charge in [-0.15, -0.1) is 0 Å². The Morgan fingerprint density at radius 2 is 2.00 bits per heavy atom. The molecule has 5 nitrogen and oxygen atoms in total. The van der Waals surface area contributed by atoms with Gasteiger partial charge in [-0.05, 0) is 66.0 Å². The smallest absolute Gasteiger partial charge is 0.407 e. The maximum atomic E-state index is 11.8. The standard InChI is InChI=1S/C17H33N3O2/c1-17(2,3)22-16(21)18-11-13-7-5-9-15(13)19-14-8-6-10-20(4)12-14/h13-15,19H,5-12H2,1-4H3,(H,18,21). The normalized spacial score (nSPS) is 30.3. The molecule has 2 N–H and O–H groups in total. The van der Waals surface area contributed by atoms with Gasteiger partial charge in [-0.3, -0.25) is 0 Å². The summed E-state index contributed by atoms with van der Waals surface area (Å²) in [4.78, 5) is 14.2. The first-order chi connectivity index (χ1) is 10.3. The fraction of sp³-hybridized carbons (Fsp3) is 0.941. The zero-order valence-electron chi connectivity index (χ0n) is 14.7. The van der Waals surface area contributed by atoms with E-state index in [2.05, 4.69) is 22.6 Å². The molecule has 2 rings (SSSR count). The van der Waals surface area contributed by atoms with Gasteiger partial charge in [-0.2, -0.15) is 0 Å². The largest absolute Gasteiger partial charge is 0.444 e. The molecule has 0 aromatic rings. The molecule has 2 fully saturated rings. The number of nitrogens with one attached hydrogen (secondary N) is 2. The lowest BCUT2D eigenvalue weighted by Crippen LogP contribution is -2.50. The zero-order chi connectivity index (χ0) is 16.2. The third kappa shape index (κ3) is 5.76. The number of nitrogens with zero attached hydrogens (tertiary/aromatic N) is 1. The van der Waals surface area contributed by atoms with Crippen molar-refractivity contribution in [3.8, 4) is 0 Å². The predicted molar refractivity (Wildman–Crippen MR) is 89.0 cm³/mol. The molecule has 0 radical (unpaired) electrons. The molecule has 1 saturated heterocycles. The van der Waals surface area contributed by atoms with Crippen LogP contribution >= 0.6 is 0 Å². The summed E-state index contributed by atoms with van der Waals surface area (Å²) in [5.74, 6) is 0.528. The van der Waals surface area contributed by atoms with E-state index in [4.69, 9.17) is 4.74 Å². The van der Waals surface area contributed by atoms with Crippen molar-refractivity contribution in [2.45, 2.75) is 70.6 Å². The number of carbonyl (C=O) groups is 1. The van der Waals surface area contributed by atoms with Gasteiger partial charge in [-0.1, -0.05) is 6.42 Å². The van der Waals surface area contributed by atoms with E-state index in [1.165, 1.54) is 38.6 Å². The van der Waals surface area contributed by atoms with Crippen LogP contribution in [0.5, 0.6) is 0 Å². The lowest BCUT2D eigenvalue weighted by atomic mass is 10.00. The van der Waals surface area contributed by atoms with E-state index < -0.39 is 5.60 Å². The van der Waals surface area contributed by atoms with Crippen molar-refractivity contribution >= 4 is 6.09 Å². The van der Waals surface area contributed by atoms with E-state index in [0.29, 0.717) is 18.0 Å². The quantitative estimate of drug-likeness (QED) is 0.837. The van der Waals surface area contributed by atoms with Crippen LogP contribution in [0, 0.1) is 5.92 Å². The Morgan fingerprint density at radius 3 is 2.68 bits per heavy atom. The molecule has 1 aliphatic heterocycles. The number of piperidine rings is 1. The fourth-order valence-corrected chi connectivity index (χ4v) is 3.63. The van der Waals surface area contributed by atoms with Crippen molar-refractivity contribution in [3.63, 3.8) is 0 Å². The summed E-state index contributed by atoms with van der Waals surface area (Å²) in [7, 11) is 2.20. The average Bonchev–Trinajstić information content (AvgIpc) is 2.82. The summed E-state index contributed by atoms with van der Waals surface area (Å²) in [6.45, 7) is 8.76. The van der Waals surface area contributed by atoms with E-state index in [1.807, 2.05) is 20.8 Å². The SMILES string of the molecule is CN1CCCC(NC2CCCC2CNC(=O)OC(C)(C)C)C1. The highest BCUT2D eigenvalue weighted by molar-refractivity contribution is 5.67. The molecule has 1 saturated carbocycles. The van der Waals surface area contributed by atoms with Crippen molar-refractivity contribution in [3.05, 3.63) is 0 Å². The first-order valence-corrected chi connectivity index (χ1v) is 8.75. The maximum Gasteiger partial charge on any atom is 0.407 e. The number of amides is 1. The van der Waals surface area contributed by atoms with Gasteiger partial charge in [-0.25, -0.2) is 4.79 Å². The van der Waals surface area contributed by atoms with E-state index in [-0.39, 0.29) is 6.09 Å². The topological polar surface area (TPSA) is 53.6 Å². The Labute approximate surface area is 135 Å². The Bertz CT molecular complexity index is 367. The molecule has 3 atom stereocenters. The van der Waals surface area contributed by atoms with Gasteiger partial charge in [0.1, 0.15) is 5.60 Å². The zero-order valence-corrected chi connectivity index (χ0v) is 14.7. The molecule has 1 aliphatic carbocycles. The van der Waals surface area contributed by atoms with Crippen molar-refractivity contribution in [2.75, 3.05) is 26.7 Å². The number of alkyl carbamates (subject to hydrolysis) is 1. The number of hydrogen-bond acceptors (Lipinski definition) is 4. The molecule has 0 aromatic heterocycles. The molecule has 0 spiro atoms. The highest BCUT2D eigenvalue weighted by atomic mass is 16.6. The van der Waals surface area contributed by atoms with Gasteiger partial charge in [0, 0.05) is 25.2 Å². The summed E-state index contributed by atoms with van der Waals surface area (Å²) < 4.78 is 5.32. The maximum absolute atomic E-state index is 11.8. The molecule has 1 heterocycles. The number of hydrogen-bond donors (Lipinski definition) is 2. The number of rotatable bonds is 4. The van der Waals surface area contributed by atoms with Crippen molar-refractivity contribution in [1.29, 1.82) is 0 Å². The van der Waals surface area contributed by atoms with E-state index in [1.54, 1.807) is 0 Å². The Balaban J connectivity index is 1.74. The van der Waals surface area contributed by atoms with Gasteiger partial charge in [0.2, 0.25) is 0 Å². The first kappa shape index (κ1) is 17.5. The number of likely N-dealkylation sites (tertiary alicyclic amines) is 1. The van der Waals surface area contributed by atoms with Crippen LogP contribution in [0.3, 0.4) is 0 Å². The third-order valence-electron chi connectivity index (χ3n) is 4.64. The number of likely N-dealkylation sites (N-methyl/N-ethyl adjacent to an activating group) is 1. The van der Waals surface area contributed by atoms with Crippen LogP contribution in [0.2, 0.25) is 0 Å². The second kappa shape index (κ2) is 7.64. The van der Waals surface area contributed by atoms with Crippen molar-refractivity contribution < 1.29 is 9.53 Å². The lowest BCUT2D eigenvalue weighted by molar-refractivity contribution is 0.0516. The Morgan fingerprint density at radius 1 is 1.23 bits per heavy atom. The minimum absolute atomic E-state index is 0.296. The summed E-state index contributed by atoms with van der Waals surface area (Å²) in [6, 6.07) is 1.14. The molecular weight excluding hydrogens is 278 g/mol. The highest BCUT2D eigenvalue weighted by Gasteiger charge is 2.30. The van der Waals surface area contributed by atoms with Crippen LogP contribution in [-0.4, -0.2) is 55.4 Å². The molecule has 0 aromatic carbocycles. The summed E-state index contributed by atoms with van der Waals surface area (Å²) >= 11 is 0. The molecule has 2 aliphatic rings. The van der Waals surface area contributed by atoms with E-state index in [9.17, 15) is 4.79 Å². The average molecular weight is 311 g/mol. The monoisotopic (exact) mass is 311 g/mol. The van der Waals surface area contributed by atoms with Gasteiger partial charge >= 0.3 is 6.09 Å². The highest BCUT2D eigenvalue weighted by Crippen LogP contribution is 2.26. The molecule has 22 heavy (non-hydrogen) atoms. The van der Waals surface area contributed by atoms with Crippen LogP contribution in [0.4, 0.5) is 4.79 Å². The van der Waals surface area contributed by atoms with Crippen molar-refractivity contribution in [1.82, 2.24) is 15.5 Å². The number of ether oxygens (including phenoxy) is 1. The molecule has 5 heteroatoms. The first-order valence-electron chi connectivity index (χ1n) is 8.75. The van der Waals surface area contributed by atoms with Gasteiger partial charge in [0.25, 0.3) is 0 Å². The minimum atomic E-state index is -0.426. The lowest BCUT2D eigenvalue weighted by Gasteiger charge is -2.34. The van der Waals surface area contributed by atoms with Crippen molar-refractivity contribution in [2.24, 2.45) is 5.92 Å². The molecular formula is C17H33N3O2. The summed E-state index contributed by atoms with van der Waals surface area (Å²) in [6.07, 6.45) is 5.92. The van der Waals surface area contributed by atoms with Crippen LogP contribution in [-0.2, 0) is 4.74 Å². The van der Waals surface area contributed by atoms with Crippen LogP contribution in [0.1, 0.15) is 52.9 Å². The molecule has 0 bridgehead atoms. The molecule has 1 amide bonds. The Hall–Kier alpha value is -0.810. The van der Waals surface area contributed by atoms with Gasteiger partial charge in [0.05, 0.1) is 0 Å². The second-order valence-corrected chi connectivity index (χ2v) is 7.95. The third-order valence-corrected chi connectivity index (χ3v) is 4.64. The van der Waals surface area contributed by atoms with Crippen LogP contribution in [0.25, 0.3) is 0 Å². The van der Waals surface area contributed by atoms with Gasteiger partial charge < -0.3 is 20.3 Å². The van der Waals surface area contributed by atoms with E-state index >= 15 is 0 Å². The molecule has 128 valence electrons. The summed E-state index contributed by atoms with van der Waals surface area (Å²) in [5.41, 5.74) is -0.426. The number of carbonyl (C=O) groups excluding carboxylic acids is 1. The predicted octanol–water partition coefficient (Wildman–Crippen LogP) is 2.36. The summed E-state index contributed by atoms with van der Waals surface area (Å²) in [5, 5.41) is 6.78. The van der Waals surface area contributed by atoms with Gasteiger partial charge in [0.15, 0.2) is 0 Å². The van der Waals surface area contributed by atoms with E-state index in [0.717, 1.165) is 13.1 Å². The minimum Gasteiger partial charge on any atom is -0.444 e. The fourth-order valence-electron chi connectivity index (χ4n) is 3.63. The van der Waals surface area contributed by atoms with Crippen LogP contribution < -0.4 is 10.6 Å². The van der Waals surface area contributed by atoms with Crippen LogP contribution in [0.15, 0.2) is 0 Å². The molecule has 3 unspecified atom stereocenters.